The number of hydrogen-bond donors (Lipinski definition) is 2. The first-order valence-corrected chi connectivity index (χ1v) is 4.53. The van der Waals surface area contributed by atoms with E-state index in [1.807, 2.05) is 0 Å². The van der Waals surface area contributed by atoms with Crippen molar-refractivity contribution in [3.63, 3.8) is 0 Å². The van der Waals surface area contributed by atoms with Crippen LogP contribution in [-0.4, -0.2) is 45.0 Å². The summed E-state index contributed by atoms with van der Waals surface area (Å²) in [5.74, 6) is -3.42. The molecule has 0 spiro atoms. The van der Waals surface area contributed by atoms with E-state index in [9.17, 15) is 14.4 Å². The Kier molecular flexibility index (Phi) is 2.70. The van der Waals surface area contributed by atoms with Gasteiger partial charge in [0.25, 0.3) is 0 Å². The smallest absolute Gasteiger partial charge is 0.329 e. The minimum absolute atomic E-state index is 0.0343. The molecule has 1 aliphatic heterocycles. The summed E-state index contributed by atoms with van der Waals surface area (Å²) in [6, 6.07) is 0. The lowest BCUT2D eigenvalue weighted by Gasteiger charge is -2.31. The van der Waals surface area contributed by atoms with Crippen molar-refractivity contribution < 1.29 is 24.6 Å². The third kappa shape index (κ3) is 1.93. The molecule has 6 heteroatoms. The predicted octanol–water partition coefficient (Wildman–Crippen LogP) is -0.217. The Morgan fingerprint density at radius 2 is 1.93 bits per heavy atom. The van der Waals surface area contributed by atoms with Gasteiger partial charge in [-0.15, -0.1) is 0 Å². The summed E-state index contributed by atoms with van der Waals surface area (Å²) in [5, 5.41) is 17.6. The van der Waals surface area contributed by atoms with Crippen molar-refractivity contribution in [2.75, 3.05) is 6.54 Å². The highest BCUT2D eigenvalue weighted by atomic mass is 16.4. The van der Waals surface area contributed by atoms with Crippen LogP contribution in [0.2, 0.25) is 0 Å². The van der Waals surface area contributed by atoms with Crippen LogP contribution < -0.4 is 0 Å². The number of carbonyl (C=O) groups is 3. The molecule has 1 aliphatic rings. The Morgan fingerprint density at radius 3 is 2.27 bits per heavy atom. The number of aliphatic carboxylic acids is 2. The topological polar surface area (TPSA) is 94.9 Å². The van der Waals surface area contributed by atoms with Gasteiger partial charge < -0.3 is 15.1 Å². The molecule has 0 aromatic heterocycles. The molecule has 2 N–H and O–H groups in total. The van der Waals surface area contributed by atoms with Gasteiger partial charge in [-0.25, -0.2) is 4.79 Å². The van der Waals surface area contributed by atoms with E-state index in [1.54, 1.807) is 0 Å². The third-order valence-electron chi connectivity index (χ3n) is 2.67. The quantitative estimate of drug-likeness (QED) is 0.678. The molecule has 6 nitrogen and oxygen atoms in total. The molecule has 0 unspecified atom stereocenters. The normalized spacial score (nSPS) is 21.9. The third-order valence-corrected chi connectivity index (χ3v) is 2.67. The maximum absolute atomic E-state index is 11.4. The molecule has 0 aromatic rings. The fourth-order valence-electron chi connectivity index (χ4n) is 1.53. The minimum atomic E-state index is -1.35. The van der Waals surface area contributed by atoms with Crippen molar-refractivity contribution in [3.05, 3.63) is 0 Å². The molecule has 15 heavy (non-hydrogen) atoms. The molecule has 1 heterocycles. The zero-order valence-corrected chi connectivity index (χ0v) is 8.56. The maximum Gasteiger partial charge on any atom is 0.329 e. The van der Waals surface area contributed by atoms with E-state index < -0.39 is 29.3 Å². The number of hydrogen-bond acceptors (Lipinski definition) is 3. The van der Waals surface area contributed by atoms with Crippen LogP contribution in [0.25, 0.3) is 0 Å². The van der Waals surface area contributed by atoms with E-state index in [1.165, 1.54) is 13.8 Å². The van der Waals surface area contributed by atoms with Gasteiger partial charge in [0.05, 0.1) is 5.92 Å². The highest BCUT2D eigenvalue weighted by Gasteiger charge is 2.45. The van der Waals surface area contributed by atoms with Crippen LogP contribution in [0.4, 0.5) is 0 Å². The first kappa shape index (κ1) is 11.5. The number of carboxylic acid groups (broad SMARTS) is 2. The predicted molar refractivity (Wildman–Crippen MR) is 49.2 cm³/mol. The van der Waals surface area contributed by atoms with E-state index in [4.69, 9.17) is 10.2 Å². The van der Waals surface area contributed by atoms with E-state index in [0.717, 1.165) is 4.90 Å². The molecule has 0 aromatic carbocycles. The Bertz CT molecular complexity index is 322. The summed E-state index contributed by atoms with van der Waals surface area (Å²) in [6.45, 7) is 2.74. The fourth-order valence-corrected chi connectivity index (χ4v) is 1.53. The molecular weight excluding hydrogens is 202 g/mol. The summed E-state index contributed by atoms with van der Waals surface area (Å²) >= 11 is 0. The summed E-state index contributed by atoms with van der Waals surface area (Å²) in [7, 11) is 0. The lowest BCUT2D eigenvalue weighted by Crippen LogP contribution is -2.51. The van der Waals surface area contributed by atoms with Crippen molar-refractivity contribution in [3.8, 4) is 0 Å². The van der Waals surface area contributed by atoms with E-state index in [2.05, 4.69) is 0 Å². The molecule has 0 bridgehead atoms. The molecule has 1 saturated heterocycles. The second-order valence-electron chi connectivity index (χ2n) is 4.11. The van der Waals surface area contributed by atoms with Gasteiger partial charge in [-0.2, -0.15) is 0 Å². The summed E-state index contributed by atoms with van der Waals surface area (Å²) in [4.78, 5) is 34.1. The number of carboxylic acids is 2. The summed E-state index contributed by atoms with van der Waals surface area (Å²) in [5.41, 5.74) is -1.35. The van der Waals surface area contributed by atoms with Gasteiger partial charge in [0, 0.05) is 13.0 Å². The number of nitrogens with zero attached hydrogens (tertiary/aromatic N) is 1. The van der Waals surface area contributed by atoms with Gasteiger partial charge in [0.2, 0.25) is 5.91 Å². The van der Waals surface area contributed by atoms with Crippen molar-refractivity contribution >= 4 is 17.8 Å². The van der Waals surface area contributed by atoms with Gasteiger partial charge in [0.1, 0.15) is 5.54 Å². The Morgan fingerprint density at radius 1 is 1.40 bits per heavy atom. The largest absolute Gasteiger partial charge is 0.481 e. The zero-order valence-electron chi connectivity index (χ0n) is 8.56. The van der Waals surface area contributed by atoms with Crippen molar-refractivity contribution in [1.29, 1.82) is 0 Å². The number of likely N-dealkylation sites (tertiary alicyclic amines) is 1. The van der Waals surface area contributed by atoms with Crippen LogP contribution >= 0.6 is 0 Å². The molecule has 1 amide bonds. The number of carbonyl (C=O) groups excluding carboxylic acids is 1. The van der Waals surface area contributed by atoms with Gasteiger partial charge in [-0.05, 0) is 13.8 Å². The van der Waals surface area contributed by atoms with Crippen LogP contribution in [0.15, 0.2) is 0 Å². The molecule has 1 fully saturated rings. The van der Waals surface area contributed by atoms with E-state index in [-0.39, 0.29) is 13.0 Å². The number of rotatable bonds is 3. The van der Waals surface area contributed by atoms with E-state index in [0.29, 0.717) is 0 Å². The summed E-state index contributed by atoms with van der Waals surface area (Å²) in [6.07, 6.45) is -0.119. The average molecular weight is 215 g/mol. The van der Waals surface area contributed by atoms with Gasteiger partial charge in [0.15, 0.2) is 0 Å². The Balaban J connectivity index is 2.86. The fraction of sp³-hybridized carbons (Fsp3) is 0.667. The SMILES string of the molecule is CC(C)(C(=O)O)N1C[C@@H](C(=O)O)CC1=O. The van der Waals surface area contributed by atoms with Crippen LogP contribution in [-0.2, 0) is 14.4 Å². The van der Waals surface area contributed by atoms with Crippen molar-refractivity contribution in [2.24, 2.45) is 5.92 Å². The highest BCUT2D eigenvalue weighted by Crippen LogP contribution is 2.26. The van der Waals surface area contributed by atoms with Gasteiger partial charge in [-0.3, -0.25) is 9.59 Å². The highest BCUT2D eigenvalue weighted by molar-refractivity contribution is 5.91. The molecular formula is C9H13NO5. The molecule has 84 valence electrons. The zero-order chi connectivity index (χ0) is 11.8. The number of amides is 1. The molecule has 1 rings (SSSR count). The van der Waals surface area contributed by atoms with Crippen LogP contribution in [0, 0.1) is 5.92 Å². The maximum atomic E-state index is 11.4. The summed E-state index contributed by atoms with van der Waals surface area (Å²) < 4.78 is 0. The lowest BCUT2D eigenvalue weighted by atomic mass is 10.0. The van der Waals surface area contributed by atoms with Crippen LogP contribution in [0.5, 0.6) is 0 Å². The van der Waals surface area contributed by atoms with Gasteiger partial charge >= 0.3 is 11.9 Å². The lowest BCUT2D eigenvalue weighted by molar-refractivity contribution is -0.154. The monoisotopic (exact) mass is 215 g/mol. The second-order valence-corrected chi connectivity index (χ2v) is 4.11. The second kappa shape index (κ2) is 3.52. The van der Waals surface area contributed by atoms with Crippen molar-refractivity contribution in [2.45, 2.75) is 25.8 Å². The molecule has 0 saturated carbocycles. The minimum Gasteiger partial charge on any atom is -0.481 e. The Labute approximate surface area is 86.5 Å². The average Bonchev–Trinajstić information content (AvgIpc) is 2.47. The molecule has 0 aliphatic carbocycles. The van der Waals surface area contributed by atoms with Crippen LogP contribution in [0.3, 0.4) is 0 Å². The Hall–Kier alpha value is -1.59. The van der Waals surface area contributed by atoms with Crippen molar-refractivity contribution in [1.82, 2.24) is 4.90 Å². The molecule has 0 radical (unpaired) electrons. The molecule has 1 atom stereocenters. The first-order chi connectivity index (χ1) is 6.76. The first-order valence-electron chi connectivity index (χ1n) is 4.53. The van der Waals surface area contributed by atoms with Gasteiger partial charge in [-0.1, -0.05) is 0 Å². The van der Waals surface area contributed by atoms with Crippen LogP contribution in [0.1, 0.15) is 20.3 Å². The standard InChI is InChI=1S/C9H13NO5/c1-9(2,8(14)15)10-4-5(7(12)13)3-6(10)11/h5H,3-4H2,1-2H3,(H,12,13)(H,14,15)/t5-/m0/s1. The van der Waals surface area contributed by atoms with E-state index >= 15 is 0 Å².